The molecule has 128 valence electrons. The average Bonchev–Trinajstić information content (AvgIpc) is 3.28. The molecule has 6 nitrogen and oxygen atoms in total. The minimum atomic E-state index is -0.171. The lowest BCUT2D eigenvalue weighted by Crippen LogP contribution is -2.24. The molecule has 1 aromatic carbocycles. The normalized spacial score (nSPS) is 13.5. The fourth-order valence-corrected chi connectivity index (χ4v) is 2.41. The molecule has 0 atom stereocenters. The van der Waals surface area contributed by atoms with Crippen LogP contribution in [0.5, 0.6) is 0 Å². The molecule has 0 aliphatic carbocycles. The second kappa shape index (κ2) is 7.65. The maximum atomic E-state index is 12.1. The molecular formula is C18H18FN5O. The van der Waals surface area contributed by atoms with Crippen LogP contribution in [0.2, 0.25) is 0 Å². The van der Waals surface area contributed by atoms with E-state index in [0.717, 1.165) is 17.5 Å². The maximum absolute atomic E-state index is 12.1. The summed E-state index contributed by atoms with van der Waals surface area (Å²) in [7, 11) is 0. The number of aromatic amines is 1. The van der Waals surface area contributed by atoms with Crippen molar-refractivity contribution in [1.29, 1.82) is 0 Å². The largest absolute Gasteiger partial charge is 0.279 e. The lowest BCUT2D eigenvalue weighted by molar-refractivity contribution is -0.117. The van der Waals surface area contributed by atoms with Crippen LogP contribution in [0.1, 0.15) is 18.4 Å². The smallest absolute Gasteiger partial charge is 0.251 e. The summed E-state index contributed by atoms with van der Waals surface area (Å²) in [6.07, 6.45) is 4.84. The molecule has 7 heteroatoms. The molecule has 1 fully saturated rings. The fraction of sp³-hybridized carbons (Fsp3) is 0.222. The third-order valence-corrected chi connectivity index (χ3v) is 3.75. The second-order valence-electron chi connectivity index (χ2n) is 5.66. The first kappa shape index (κ1) is 16.8. The number of carbonyl (C=O) groups is 1. The molecule has 1 aliphatic rings. The van der Waals surface area contributed by atoms with Crippen molar-refractivity contribution in [3.8, 4) is 11.4 Å². The van der Waals surface area contributed by atoms with Gasteiger partial charge in [0.15, 0.2) is 5.82 Å². The predicted molar refractivity (Wildman–Crippen MR) is 92.3 cm³/mol. The Balaban J connectivity index is 0.000000192. The second-order valence-corrected chi connectivity index (χ2v) is 5.66. The Labute approximate surface area is 144 Å². The number of aryl methyl sites for hydroxylation is 1. The Morgan fingerprint density at radius 1 is 1.12 bits per heavy atom. The van der Waals surface area contributed by atoms with Gasteiger partial charge in [0, 0.05) is 30.9 Å². The molecule has 3 aromatic rings. The number of amides is 1. The van der Waals surface area contributed by atoms with Gasteiger partial charge in [-0.25, -0.2) is 4.39 Å². The number of hydrogen-bond donors (Lipinski definition) is 1. The van der Waals surface area contributed by atoms with E-state index in [4.69, 9.17) is 0 Å². The molecule has 0 radical (unpaired) electrons. The minimum absolute atomic E-state index is 0.0882. The Hall–Kier alpha value is -3.09. The third-order valence-electron chi connectivity index (χ3n) is 3.75. The van der Waals surface area contributed by atoms with Crippen molar-refractivity contribution >= 4 is 11.9 Å². The highest BCUT2D eigenvalue weighted by molar-refractivity contribution is 5.93. The Bertz CT molecular complexity index is 811. The molecule has 25 heavy (non-hydrogen) atoms. The number of benzene rings is 1. The highest BCUT2D eigenvalue weighted by Gasteiger charge is 2.25. The van der Waals surface area contributed by atoms with Gasteiger partial charge in [0.2, 0.25) is 5.91 Å². The van der Waals surface area contributed by atoms with Crippen LogP contribution < -0.4 is 4.90 Å². The predicted octanol–water partition coefficient (Wildman–Crippen LogP) is 3.13. The van der Waals surface area contributed by atoms with Gasteiger partial charge in [0.25, 0.3) is 5.95 Å². The lowest BCUT2D eigenvalue weighted by atomic mass is 10.2. The zero-order valence-corrected chi connectivity index (χ0v) is 13.8. The molecule has 2 aromatic heterocycles. The minimum Gasteiger partial charge on any atom is -0.279 e. The van der Waals surface area contributed by atoms with E-state index >= 15 is 0 Å². The van der Waals surface area contributed by atoms with Crippen LogP contribution in [0.15, 0.2) is 48.8 Å². The van der Waals surface area contributed by atoms with Crippen LogP contribution >= 0.6 is 0 Å². The average molecular weight is 339 g/mol. The van der Waals surface area contributed by atoms with Crippen LogP contribution in [0.3, 0.4) is 0 Å². The van der Waals surface area contributed by atoms with Crippen LogP contribution in [0.25, 0.3) is 11.4 Å². The number of nitrogens with zero attached hydrogens (tertiary/aromatic N) is 4. The highest BCUT2D eigenvalue weighted by Crippen LogP contribution is 2.20. The van der Waals surface area contributed by atoms with E-state index < -0.39 is 0 Å². The van der Waals surface area contributed by atoms with Gasteiger partial charge in [-0.2, -0.15) is 4.98 Å². The summed E-state index contributed by atoms with van der Waals surface area (Å²) in [4.78, 5) is 21.4. The van der Waals surface area contributed by atoms with Gasteiger partial charge in [0.05, 0.1) is 0 Å². The summed E-state index contributed by atoms with van der Waals surface area (Å²) in [5.41, 5.74) is 2.00. The van der Waals surface area contributed by atoms with E-state index in [2.05, 4.69) is 20.2 Å². The number of aromatic nitrogens is 4. The number of nitrogens with one attached hydrogen (secondary N) is 1. The number of anilines is 1. The molecule has 1 aliphatic heterocycles. The molecule has 0 unspecified atom stereocenters. The molecule has 0 saturated carbocycles. The number of H-pyrrole nitrogens is 1. The van der Waals surface area contributed by atoms with Gasteiger partial charge >= 0.3 is 0 Å². The van der Waals surface area contributed by atoms with E-state index in [0.29, 0.717) is 24.7 Å². The zero-order chi connectivity index (χ0) is 17.6. The van der Waals surface area contributed by atoms with Crippen molar-refractivity contribution < 1.29 is 9.18 Å². The summed E-state index contributed by atoms with van der Waals surface area (Å²) < 4.78 is 12.1. The van der Waals surface area contributed by atoms with E-state index in [1.165, 1.54) is 12.1 Å². The molecule has 1 saturated heterocycles. The summed E-state index contributed by atoms with van der Waals surface area (Å²) in [6.45, 7) is 2.63. The Morgan fingerprint density at radius 3 is 2.44 bits per heavy atom. The number of hydrogen-bond acceptors (Lipinski definition) is 4. The first-order valence-corrected chi connectivity index (χ1v) is 7.99. The fourth-order valence-electron chi connectivity index (χ4n) is 2.41. The zero-order valence-electron chi connectivity index (χ0n) is 13.8. The van der Waals surface area contributed by atoms with Crippen molar-refractivity contribution in [2.45, 2.75) is 19.8 Å². The molecule has 0 spiro atoms. The molecule has 4 rings (SSSR count). The van der Waals surface area contributed by atoms with Gasteiger partial charge in [0.1, 0.15) is 5.82 Å². The third kappa shape index (κ3) is 4.26. The Morgan fingerprint density at radius 2 is 1.84 bits per heavy atom. The van der Waals surface area contributed by atoms with Crippen molar-refractivity contribution in [3.05, 3.63) is 60.2 Å². The first-order chi connectivity index (χ1) is 12.1. The molecule has 3 heterocycles. The topological polar surface area (TPSA) is 74.8 Å². The SMILES string of the molecule is Cc1ccc(F)cc1.O=C1CCCN1c1n[nH]c(-c2ccncc2)n1. The van der Waals surface area contributed by atoms with Crippen LogP contribution in [0.4, 0.5) is 10.3 Å². The van der Waals surface area contributed by atoms with E-state index in [-0.39, 0.29) is 11.7 Å². The molecule has 1 amide bonds. The van der Waals surface area contributed by atoms with Crippen molar-refractivity contribution in [3.63, 3.8) is 0 Å². The quantitative estimate of drug-likeness (QED) is 0.778. The van der Waals surface area contributed by atoms with Gasteiger partial charge in [-0.3, -0.25) is 19.8 Å². The summed E-state index contributed by atoms with van der Waals surface area (Å²) in [6, 6.07) is 10.1. The summed E-state index contributed by atoms with van der Waals surface area (Å²) >= 11 is 0. The summed E-state index contributed by atoms with van der Waals surface area (Å²) in [5.74, 6) is 1.03. The molecular weight excluding hydrogens is 321 g/mol. The van der Waals surface area contributed by atoms with Crippen molar-refractivity contribution in [2.75, 3.05) is 11.4 Å². The first-order valence-electron chi connectivity index (χ1n) is 7.99. The van der Waals surface area contributed by atoms with Crippen LogP contribution in [0, 0.1) is 12.7 Å². The highest BCUT2D eigenvalue weighted by atomic mass is 19.1. The van der Waals surface area contributed by atoms with E-state index in [9.17, 15) is 9.18 Å². The lowest BCUT2D eigenvalue weighted by Gasteiger charge is -2.08. The van der Waals surface area contributed by atoms with Gasteiger partial charge in [-0.05, 0) is 37.6 Å². The number of rotatable bonds is 2. The van der Waals surface area contributed by atoms with Gasteiger partial charge in [-0.15, -0.1) is 5.10 Å². The maximum Gasteiger partial charge on any atom is 0.251 e. The van der Waals surface area contributed by atoms with Crippen LogP contribution in [-0.4, -0.2) is 32.6 Å². The number of halogens is 1. The monoisotopic (exact) mass is 339 g/mol. The number of carbonyl (C=O) groups excluding carboxylic acids is 1. The van der Waals surface area contributed by atoms with Gasteiger partial charge in [-0.1, -0.05) is 17.7 Å². The molecule has 0 bridgehead atoms. The van der Waals surface area contributed by atoms with E-state index in [1.54, 1.807) is 29.4 Å². The van der Waals surface area contributed by atoms with Gasteiger partial charge < -0.3 is 0 Å². The van der Waals surface area contributed by atoms with Crippen molar-refractivity contribution in [1.82, 2.24) is 20.2 Å². The Kier molecular flexibility index (Phi) is 5.13. The summed E-state index contributed by atoms with van der Waals surface area (Å²) in [5, 5.41) is 6.91. The standard InChI is InChI=1S/C11H11N5O.C7H7F/c17-9-2-1-7-16(9)11-13-10(14-15-11)8-3-5-12-6-4-8;1-6-2-4-7(8)5-3-6/h3-6H,1-2,7H2,(H,13,14,15);2-5H,1H3. The van der Waals surface area contributed by atoms with E-state index in [1.807, 2.05) is 19.1 Å². The van der Waals surface area contributed by atoms with Crippen molar-refractivity contribution in [2.24, 2.45) is 0 Å². The van der Waals surface area contributed by atoms with Crippen LogP contribution in [-0.2, 0) is 4.79 Å². The number of pyridine rings is 1. The molecule has 1 N–H and O–H groups in total.